The zero-order chi connectivity index (χ0) is 25.1. The van der Waals surface area contributed by atoms with Crippen LogP contribution in [0.25, 0.3) is 0 Å². The SMILES string of the molecule is COc1cccc(N(CC(=O)Nc2cc(C(F)(F)F)ccc2Cl)S(=O)(=O)c2ccc(C)cc2)c1. The largest absolute Gasteiger partial charge is 0.497 e. The lowest BCUT2D eigenvalue weighted by atomic mass is 10.2. The second-order valence-electron chi connectivity index (χ2n) is 7.27. The lowest BCUT2D eigenvalue weighted by Gasteiger charge is -2.24. The minimum atomic E-state index is -4.65. The topological polar surface area (TPSA) is 75.7 Å². The standard InChI is InChI=1S/C23H20ClF3N2O4S/c1-15-6-9-19(10-7-15)34(31,32)29(17-4-3-5-18(13-17)33-2)14-22(30)28-21-12-16(23(25,26)27)8-11-20(21)24/h3-13H,14H2,1-2H3,(H,28,30). The van der Waals surface area contributed by atoms with Gasteiger partial charge in [0, 0.05) is 6.07 Å². The van der Waals surface area contributed by atoms with Crippen molar-refractivity contribution < 1.29 is 31.1 Å². The Morgan fingerprint density at radius 1 is 1.06 bits per heavy atom. The molecule has 34 heavy (non-hydrogen) atoms. The highest BCUT2D eigenvalue weighted by atomic mass is 35.5. The third kappa shape index (κ3) is 5.81. The maximum absolute atomic E-state index is 13.4. The van der Waals surface area contributed by atoms with Gasteiger partial charge in [0.05, 0.1) is 34.0 Å². The van der Waals surface area contributed by atoms with E-state index in [0.29, 0.717) is 11.8 Å². The van der Waals surface area contributed by atoms with E-state index < -0.39 is 34.2 Å². The molecule has 6 nitrogen and oxygen atoms in total. The zero-order valence-electron chi connectivity index (χ0n) is 18.1. The predicted molar refractivity (Wildman–Crippen MR) is 124 cm³/mol. The Morgan fingerprint density at radius 2 is 1.74 bits per heavy atom. The van der Waals surface area contributed by atoms with Crippen LogP contribution in [0.3, 0.4) is 0 Å². The highest BCUT2D eigenvalue weighted by Crippen LogP contribution is 2.34. The summed E-state index contributed by atoms with van der Waals surface area (Å²) in [6, 6.07) is 14.5. The molecule has 3 aromatic carbocycles. The van der Waals surface area contributed by atoms with Crippen LogP contribution in [-0.2, 0) is 21.0 Å². The smallest absolute Gasteiger partial charge is 0.416 e. The molecule has 0 saturated carbocycles. The minimum Gasteiger partial charge on any atom is -0.497 e. The van der Waals surface area contributed by atoms with Crippen molar-refractivity contribution >= 4 is 38.9 Å². The molecular weight excluding hydrogens is 493 g/mol. The Morgan fingerprint density at radius 3 is 2.35 bits per heavy atom. The molecule has 0 spiro atoms. The molecular formula is C23H20ClF3N2O4S. The van der Waals surface area contributed by atoms with Crippen molar-refractivity contribution in [3.63, 3.8) is 0 Å². The maximum Gasteiger partial charge on any atom is 0.416 e. The van der Waals surface area contributed by atoms with Crippen molar-refractivity contribution in [1.29, 1.82) is 0 Å². The Kier molecular flexibility index (Phi) is 7.42. The van der Waals surface area contributed by atoms with Gasteiger partial charge in [-0.25, -0.2) is 8.42 Å². The number of carbonyl (C=O) groups is 1. The van der Waals surface area contributed by atoms with Gasteiger partial charge >= 0.3 is 6.18 Å². The number of hydrogen-bond donors (Lipinski definition) is 1. The third-order valence-corrected chi connectivity index (χ3v) is 6.92. The van der Waals surface area contributed by atoms with Crippen molar-refractivity contribution in [3.8, 4) is 5.75 Å². The molecule has 11 heteroatoms. The number of halogens is 4. The molecule has 180 valence electrons. The van der Waals surface area contributed by atoms with E-state index in [1.807, 2.05) is 0 Å². The number of hydrogen-bond acceptors (Lipinski definition) is 4. The summed E-state index contributed by atoms with van der Waals surface area (Å²) < 4.78 is 72.0. The molecule has 0 saturated heterocycles. The number of ether oxygens (including phenoxy) is 1. The Hall–Kier alpha value is -3.24. The van der Waals surface area contributed by atoms with Crippen LogP contribution in [0.5, 0.6) is 5.75 Å². The first-order valence-electron chi connectivity index (χ1n) is 9.82. The van der Waals surface area contributed by atoms with Crippen molar-refractivity contribution in [2.24, 2.45) is 0 Å². The van der Waals surface area contributed by atoms with Crippen molar-refractivity contribution in [2.75, 3.05) is 23.3 Å². The minimum absolute atomic E-state index is 0.0641. The van der Waals surface area contributed by atoms with Crippen LogP contribution in [0.2, 0.25) is 5.02 Å². The quantitative estimate of drug-likeness (QED) is 0.453. The number of carbonyl (C=O) groups excluding carboxylic acids is 1. The van der Waals surface area contributed by atoms with Gasteiger partial charge in [-0.2, -0.15) is 13.2 Å². The number of nitrogens with one attached hydrogen (secondary N) is 1. The Bertz CT molecular complexity index is 1300. The van der Waals surface area contributed by atoms with E-state index in [0.717, 1.165) is 22.0 Å². The van der Waals surface area contributed by atoms with Crippen molar-refractivity contribution in [3.05, 3.63) is 82.9 Å². The van der Waals surface area contributed by atoms with E-state index in [-0.39, 0.29) is 21.3 Å². The number of methoxy groups -OCH3 is 1. The Balaban J connectivity index is 1.98. The number of amides is 1. The van der Waals surface area contributed by atoms with Gasteiger partial charge < -0.3 is 10.1 Å². The number of sulfonamides is 1. The molecule has 0 radical (unpaired) electrons. The highest BCUT2D eigenvalue weighted by molar-refractivity contribution is 7.92. The summed E-state index contributed by atoms with van der Waals surface area (Å²) in [7, 11) is -2.82. The van der Waals surface area contributed by atoms with Crippen LogP contribution >= 0.6 is 11.6 Å². The predicted octanol–water partition coefficient (Wildman–Crippen LogP) is 5.51. The average Bonchev–Trinajstić information content (AvgIpc) is 2.78. The van der Waals surface area contributed by atoms with E-state index in [1.54, 1.807) is 31.2 Å². The second kappa shape index (κ2) is 9.94. The number of anilines is 2. The molecule has 0 bridgehead atoms. The molecule has 3 rings (SSSR count). The van der Waals surface area contributed by atoms with E-state index in [1.165, 1.54) is 31.4 Å². The molecule has 3 aromatic rings. The number of benzene rings is 3. The van der Waals surface area contributed by atoms with Crippen LogP contribution in [0.4, 0.5) is 24.5 Å². The zero-order valence-corrected chi connectivity index (χ0v) is 19.6. The van der Waals surface area contributed by atoms with Gasteiger partial charge in [-0.1, -0.05) is 35.4 Å². The maximum atomic E-state index is 13.4. The van der Waals surface area contributed by atoms with Crippen LogP contribution in [0.1, 0.15) is 11.1 Å². The van der Waals surface area contributed by atoms with Gasteiger partial charge in [0.1, 0.15) is 12.3 Å². The van der Waals surface area contributed by atoms with Gasteiger partial charge in [-0.3, -0.25) is 9.10 Å². The summed E-state index contributed by atoms with van der Waals surface area (Å²) in [5.41, 5.74) is -0.335. The highest BCUT2D eigenvalue weighted by Gasteiger charge is 2.32. The van der Waals surface area contributed by atoms with Gasteiger partial charge in [0.25, 0.3) is 10.0 Å². The molecule has 0 aromatic heterocycles. The molecule has 0 atom stereocenters. The third-order valence-electron chi connectivity index (χ3n) is 4.81. The fraction of sp³-hybridized carbons (Fsp3) is 0.174. The van der Waals surface area contributed by atoms with Gasteiger partial charge in [-0.05, 0) is 49.4 Å². The molecule has 0 unspecified atom stereocenters. The van der Waals surface area contributed by atoms with Crippen LogP contribution in [0.15, 0.2) is 71.6 Å². The van der Waals surface area contributed by atoms with Crippen LogP contribution in [0, 0.1) is 6.92 Å². The van der Waals surface area contributed by atoms with Gasteiger partial charge in [0.2, 0.25) is 5.91 Å². The first-order valence-corrected chi connectivity index (χ1v) is 11.6. The van der Waals surface area contributed by atoms with E-state index in [4.69, 9.17) is 16.3 Å². The first kappa shape index (κ1) is 25.4. The summed E-state index contributed by atoms with van der Waals surface area (Å²) in [5, 5.41) is 2.15. The van der Waals surface area contributed by atoms with Crippen LogP contribution < -0.4 is 14.4 Å². The molecule has 0 fully saturated rings. The van der Waals surface area contributed by atoms with Crippen molar-refractivity contribution in [2.45, 2.75) is 18.0 Å². The fourth-order valence-electron chi connectivity index (χ4n) is 3.04. The summed E-state index contributed by atoms with van der Waals surface area (Å²) in [6.07, 6.45) is -4.65. The molecule has 0 heterocycles. The molecule has 0 aliphatic heterocycles. The lowest BCUT2D eigenvalue weighted by molar-refractivity contribution is -0.137. The molecule has 0 aliphatic rings. The van der Waals surface area contributed by atoms with Crippen LogP contribution in [-0.4, -0.2) is 28.0 Å². The summed E-state index contributed by atoms with van der Waals surface area (Å²) in [6.45, 7) is 1.07. The molecule has 1 amide bonds. The van der Waals surface area contributed by atoms with Gasteiger partial charge in [-0.15, -0.1) is 0 Å². The van der Waals surface area contributed by atoms with E-state index in [9.17, 15) is 26.4 Å². The number of nitrogens with zero attached hydrogens (tertiary/aromatic N) is 1. The Labute approximate surface area is 200 Å². The average molecular weight is 513 g/mol. The number of alkyl halides is 3. The van der Waals surface area contributed by atoms with Crippen molar-refractivity contribution in [1.82, 2.24) is 0 Å². The van der Waals surface area contributed by atoms with Gasteiger partial charge in [0.15, 0.2) is 0 Å². The summed E-state index contributed by atoms with van der Waals surface area (Å²) in [5.74, 6) is -0.539. The fourth-order valence-corrected chi connectivity index (χ4v) is 4.61. The summed E-state index contributed by atoms with van der Waals surface area (Å²) in [4.78, 5) is 12.7. The van der Waals surface area contributed by atoms with E-state index in [2.05, 4.69) is 5.32 Å². The molecule has 0 aliphatic carbocycles. The normalized spacial score (nSPS) is 11.7. The second-order valence-corrected chi connectivity index (χ2v) is 9.54. The first-order chi connectivity index (χ1) is 15.9. The molecule has 1 N–H and O–H groups in total. The van der Waals surface area contributed by atoms with E-state index >= 15 is 0 Å². The summed E-state index contributed by atoms with van der Waals surface area (Å²) >= 11 is 5.95. The number of rotatable bonds is 7. The lowest BCUT2D eigenvalue weighted by Crippen LogP contribution is -2.38. The monoisotopic (exact) mass is 512 g/mol. The number of aryl methyl sites for hydroxylation is 1.